The van der Waals surface area contributed by atoms with Gasteiger partial charge >= 0.3 is 0 Å². The van der Waals surface area contributed by atoms with Gasteiger partial charge in [-0.2, -0.15) is 9.61 Å². The predicted molar refractivity (Wildman–Crippen MR) is 150 cm³/mol. The summed E-state index contributed by atoms with van der Waals surface area (Å²) in [7, 11) is 1.99. The number of fused-ring (bicyclic) bond motifs is 1. The number of benzene rings is 2. The van der Waals surface area contributed by atoms with Gasteiger partial charge in [-0.05, 0) is 29.6 Å². The molecule has 4 rings (SSSR count). The van der Waals surface area contributed by atoms with Gasteiger partial charge < -0.3 is 10.6 Å². The fourth-order valence-electron chi connectivity index (χ4n) is 3.63. The van der Waals surface area contributed by atoms with Crippen molar-refractivity contribution in [3.05, 3.63) is 113 Å². The fourth-order valence-corrected chi connectivity index (χ4v) is 3.86. The lowest BCUT2D eigenvalue weighted by Gasteiger charge is -2.12. The van der Waals surface area contributed by atoms with Gasteiger partial charge in [-0.1, -0.05) is 84.9 Å². The first-order valence-corrected chi connectivity index (χ1v) is 12.0. The summed E-state index contributed by atoms with van der Waals surface area (Å²) in [5.41, 5.74) is 5.94. The maximum Gasteiger partial charge on any atom is 0.250 e. The zero-order valence-corrected chi connectivity index (χ0v) is 21.1. The van der Waals surface area contributed by atoms with Gasteiger partial charge in [0.2, 0.25) is 0 Å². The first-order valence-electron chi connectivity index (χ1n) is 11.6. The van der Waals surface area contributed by atoms with E-state index in [1.165, 1.54) is 0 Å². The van der Waals surface area contributed by atoms with Crippen LogP contribution in [0.3, 0.4) is 0 Å². The Balaban J connectivity index is 1.44. The summed E-state index contributed by atoms with van der Waals surface area (Å²) in [5.74, 6) is 0.635. The highest BCUT2D eigenvalue weighted by Gasteiger charge is 2.12. The molecule has 2 heterocycles. The molecule has 36 heavy (non-hydrogen) atoms. The first-order chi connectivity index (χ1) is 17.5. The molecular weight excluding hydrogens is 469 g/mol. The molecule has 0 aliphatic carbocycles. The van der Waals surface area contributed by atoms with Crippen LogP contribution >= 0.6 is 11.6 Å². The minimum absolute atomic E-state index is 0.188. The van der Waals surface area contributed by atoms with Crippen LogP contribution in [-0.4, -0.2) is 28.4 Å². The second kappa shape index (κ2) is 11.6. The number of halogens is 1. The van der Waals surface area contributed by atoms with Crippen molar-refractivity contribution in [2.24, 2.45) is 0 Å². The maximum atomic E-state index is 12.2. The van der Waals surface area contributed by atoms with E-state index in [0.717, 1.165) is 39.3 Å². The van der Waals surface area contributed by atoms with Crippen LogP contribution in [0.5, 0.6) is 0 Å². The average molecular weight is 496 g/mol. The molecule has 2 N–H and O–H groups in total. The highest BCUT2D eigenvalue weighted by atomic mass is 35.5. The zero-order valence-electron chi connectivity index (χ0n) is 20.3. The molecule has 0 fully saturated rings. The Morgan fingerprint density at radius 2 is 1.83 bits per heavy atom. The van der Waals surface area contributed by atoms with Gasteiger partial charge in [-0.3, -0.25) is 4.79 Å². The molecular formula is C28H27BClN5O. The molecule has 0 radical (unpaired) electrons. The number of nitrogens with one attached hydrogen (secondary N) is 2. The number of aromatic nitrogens is 3. The van der Waals surface area contributed by atoms with Crippen LogP contribution in [0.1, 0.15) is 18.1 Å². The molecule has 0 aliphatic heterocycles. The van der Waals surface area contributed by atoms with Crippen LogP contribution in [0, 0.1) is 0 Å². The van der Waals surface area contributed by atoms with E-state index in [1.54, 1.807) is 22.9 Å². The van der Waals surface area contributed by atoms with Crippen molar-refractivity contribution >= 4 is 42.3 Å². The van der Waals surface area contributed by atoms with E-state index in [4.69, 9.17) is 16.6 Å². The molecule has 0 bridgehead atoms. The third-order valence-corrected chi connectivity index (χ3v) is 5.97. The van der Waals surface area contributed by atoms with Crippen molar-refractivity contribution < 1.29 is 4.79 Å². The summed E-state index contributed by atoms with van der Waals surface area (Å²) in [6, 6.07) is 17.7. The van der Waals surface area contributed by atoms with Gasteiger partial charge in [0.1, 0.15) is 13.7 Å². The van der Waals surface area contributed by atoms with E-state index in [2.05, 4.69) is 22.3 Å². The normalized spacial score (nSPS) is 11.4. The van der Waals surface area contributed by atoms with Gasteiger partial charge in [0.15, 0.2) is 5.65 Å². The second-order valence-corrected chi connectivity index (χ2v) is 8.74. The zero-order chi connectivity index (χ0) is 25.5. The molecule has 4 aromatic rings. The lowest BCUT2D eigenvalue weighted by molar-refractivity contribution is -0.117. The smallest absolute Gasteiger partial charge is 0.250 e. The van der Waals surface area contributed by atoms with Gasteiger partial charge in [0, 0.05) is 41.5 Å². The van der Waals surface area contributed by atoms with Crippen LogP contribution in [0.4, 0.5) is 5.82 Å². The topological polar surface area (TPSA) is 71.3 Å². The Kier molecular flexibility index (Phi) is 8.03. The van der Waals surface area contributed by atoms with E-state index in [1.807, 2.05) is 81.5 Å². The summed E-state index contributed by atoms with van der Waals surface area (Å²) in [4.78, 5) is 17.0. The molecule has 0 saturated carbocycles. The molecule has 0 unspecified atom stereocenters. The first kappa shape index (κ1) is 25.0. The van der Waals surface area contributed by atoms with Crippen molar-refractivity contribution in [3.8, 4) is 11.3 Å². The third kappa shape index (κ3) is 5.93. The van der Waals surface area contributed by atoms with E-state index < -0.39 is 0 Å². The van der Waals surface area contributed by atoms with Crippen molar-refractivity contribution in [1.29, 1.82) is 0 Å². The highest BCUT2D eigenvalue weighted by Crippen LogP contribution is 2.28. The fraction of sp³-hybridized carbons (Fsp3) is 0.107. The molecule has 0 aliphatic rings. The number of rotatable bonds is 9. The minimum atomic E-state index is -0.188. The lowest BCUT2D eigenvalue weighted by Crippen LogP contribution is -2.23. The Morgan fingerprint density at radius 1 is 1.11 bits per heavy atom. The molecule has 0 saturated heterocycles. The molecule has 1 amide bonds. The third-order valence-electron chi connectivity index (χ3n) is 5.64. The van der Waals surface area contributed by atoms with E-state index in [9.17, 15) is 4.79 Å². The molecule has 0 atom stereocenters. The minimum Gasteiger partial charge on any atom is -0.366 e. The molecule has 6 nitrogen and oxygen atoms in total. The second-order valence-electron chi connectivity index (χ2n) is 8.33. The van der Waals surface area contributed by atoms with Crippen molar-refractivity contribution in [2.45, 2.75) is 20.0 Å². The molecule has 180 valence electrons. The number of carbonyl (C=O) groups excluding carboxylic acids is 1. The summed E-state index contributed by atoms with van der Waals surface area (Å²) in [6.45, 7) is 6.75. The molecule has 8 heteroatoms. The monoisotopic (exact) mass is 495 g/mol. The van der Waals surface area contributed by atoms with Gasteiger partial charge in [0.05, 0.1) is 5.69 Å². The Bertz CT molecular complexity index is 1460. The van der Waals surface area contributed by atoms with E-state index in [-0.39, 0.29) is 5.91 Å². The lowest BCUT2D eigenvalue weighted by atomic mass is 10.0. The van der Waals surface area contributed by atoms with E-state index in [0.29, 0.717) is 23.7 Å². The number of carbonyl (C=O) groups is 1. The highest BCUT2D eigenvalue weighted by molar-refractivity contribution is 6.36. The van der Waals surface area contributed by atoms with Gasteiger partial charge in [-0.25, -0.2) is 4.98 Å². The number of anilines is 1. The Hall–Kier alpha value is -4.10. The van der Waals surface area contributed by atoms with Crippen molar-refractivity contribution in [1.82, 2.24) is 19.9 Å². The summed E-state index contributed by atoms with van der Waals surface area (Å²) < 4.78 is 1.80. The van der Waals surface area contributed by atoms with Crippen LogP contribution in [0.15, 0.2) is 97.3 Å². The Morgan fingerprint density at radius 3 is 2.56 bits per heavy atom. The molecule has 2 aromatic carbocycles. The SMILES string of the molecule is Bc1cnn2c(NCc3ccc(CNC(=O)C(=C)/C=C\C=C/C)cc3)cc(-c3ccccc3Cl)nc12. The predicted octanol–water partition coefficient (Wildman–Crippen LogP) is 4.22. The van der Waals surface area contributed by atoms with Crippen molar-refractivity contribution in [2.75, 3.05) is 5.32 Å². The summed E-state index contributed by atoms with van der Waals surface area (Å²) in [6.07, 6.45) is 9.04. The number of hydrogen-bond acceptors (Lipinski definition) is 4. The average Bonchev–Trinajstić information content (AvgIpc) is 3.27. The number of amides is 1. The number of hydrogen-bond donors (Lipinski definition) is 2. The molecule has 0 spiro atoms. The van der Waals surface area contributed by atoms with Gasteiger partial charge in [0.25, 0.3) is 5.91 Å². The Labute approximate surface area is 216 Å². The van der Waals surface area contributed by atoms with Crippen LogP contribution in [0.25, 0.3) is 16.9 Å². The number of allylic oxidation sites excluding steroid dienone is 3. The van der Waals surface area contributed by atoms with E-state index >= 15 is 0 Å². The molecule has 2 aromatic heterocycles. The standard InChI is InChI=1S/C28H27BClN5O/c1-3-4-5-8-19(2)28(36)32-17-21-13-11-20(12-14-21)16-31-26-15-25(22-9-6-7-10-24(22)30)34-27-23(29)18-33-35(26)27/h3-15,18,31H,2,16-17,29H2,1H3,(H,32,36)/b4-3-,8-5-. The summed E-state index contributed by atoms with van der Waals surface area (Å²) >= 11 is 6.43. The van der Waals surface area contributed by atoms with Crippen LogP contribution in [0.2, 0.25) is 5.02 Å². The largest absolute Gasteiger partial charge is 0.366 e. The van der Waals surface area contributed by atoms with Crippen LogP contribution < -0.4 is 16.1 Å². The summed E-state index contributed by atoms with van der Waals surface area (Å²) in [5, 5.41) is 11.5. The van der Waals surface area contributed by atoms with Crippen molar-refractivity contribution in [3.63, 3.8) is 0 Å². The maximum absolute atomic E-state index is 12.2. The van der Waals surface area contributed by atoms with Crippen LogP contribution in [-0.2, 0) is 17.9 Å². The number of nitrogens with zero attached hydrogens (tertiary/aromatic N) is 3. The quantitative estimate of drug-likeness (QED) is 0.207. The van der Waals surface area contributed by atoms with Gasteiger partial charge in [-0.15, -0.1) is 0 Å².